The summed E-state index contributed by atoms with van der Waals surface area (Å²) >= 11 is 3.02. The zero-order chi connectivity index (χ0) is 19.3. The normalized spacial score (nSPS) is 10.8. The number of carbonyl (C=O) groups is 1. The standard InChI is InChI=1S/C20H16N2O4S2/c1-24-17-8-13(6-7-16(17)25-9-14-11-27-12-21-14)20(23)26-10-19-22-15-4-2-3-5-18(15)28-19/h2-8,11-12H,9-10H2,1H3. The number of ether oxygens (including phenoxy) is 3. The summed E-state index contributed by atoms with van der Waals surface area (Å²) in [4.78, 5) is 21.0. The van der Waals surface area contributed by atoms with E-state index < -0.39 is 5.97 Å². The molecule has 0 spiro atoms. The van der Waals surface area contributed by atoms with Gasteiger partial charge in [-0.1, -0.05) is 12.1 Å². The molecule has 0 N–H and O–H groups in total. The maximum Gasteiger partial charge on any atom is 0.338 e. The highest BCUT2D eigenvalue weighted by Crippen LogP contribution is 2.29. The number of benzene rings is 2. The van der Waals surface area contributed by atoms with Crippen molar-refractivity contribution in [1.82, 2.24) is 9.97 Å². The van der Waals surface area contributed by atoms with Crippen molar-refractivity contribution in [3.63, 3.8) is 0 Å². The average Bonchev–Trinajstić information content (AvgIpc) is 3.39. The van der Waals surface area contributed by atoms with Gasteiger partial charge < -0.3 is 14.2 Å². The van der Waals surface area contributed by atoms with Crippen LogP contribution in [0.15, 0.2) is 53.4 Å². The van der Waals surface area contributed by atoms with Crippen LogP contribution in [0, 0.1) is 0 Å². The summed E-state index contributed by atoms with van der Waals surface area (Å²) in [7, 11) is 1.53. The van der Waals surface area contributed by atoms with Crippen LogP contribution >= 0.6 is 22.7 Å². The minimum absolute atomic E-state index is 0.128. The molecule has 4 aromatic rings. The molecule has 8 heteroatoms. The molecule has 2 aromatic heterocycles. The second kappa shape index (κ2) is 8.37. The van der Waals surface area contributed by atoms with Crippen LogP contribution in [0.4, 0.5) is 0 Å². The van der Waals surface area contributed by atoms with Gasteiger partial charge in [-0.05, 0) is 30.3 Å². The molecule has 0 saturated heterocycles. The predicted molar refractivity (Wildman–Crippen MR) is 108 cm³/mol. The number of hydrogen-bond acceptors (Lipinski definition) is 8. The van der Waals surface area contributed by atoms with Crippen molar-refractivity contribution in [3.8, 4) is 11.5 Å². The quantitative estimate of drug-likeness (QED) is 0.410. The van der Waals surface area contributed by atoms with E-state index in [1.807, 2.05) is 29.6 Å². The van der Waals surface area contributed by atoms with Crippen LogP contribution < -0.4 is 9.47 Å². The van der Waals surface area contributed by atoms with Gasteiger partial charge in [0.25, 0.3) is 0 Å². The van der Waals surface area contributed by atoms with Gasteiger partial charge >= 0.3 is 5.97 Å². The molecule has 0 aliphatic rings. The Morgan fingerprint density at radius 2 is 2.00 bits per heavy atom. The fourth-order valence-electron chi connectivity index (χ4n) is 2.57. The van der Waals surface area contributed by atoms with Crippen LogP contribution in [0.3, 0.4) is 0 Å². The van der Waals surface area contributed by atoms with Crippen molar-refractivity contribution >= 4 is 38.9 Å². The molecule has 0 bridgehead atoms. The molecule has 6 nitrogen and oxygen atoms in total. The van der Waals surface area contributed by atoms with Crippen LogP contribution in [-0.2, 0) is 18.0 Å². The van der Waals surface area contributed by atoms with Gasteiger partial charge in [-0.3, -0.25) is 0 Å². The highest BCUT2D eigenvalue weighted by atomic mass is 32.1. The van der Waals surface area contributed by atoms with Crippen molar-refractivity contribution in [2.45, 2.75) is 13.2 Å². The van der Waals surface area contributed by atoms with Crippen LogP contribution in [0.25, 0.3) is 10.2 Å². The van der Waals surface area contributed by atoms with Crippen LogP contribution in [-0.4, -0.2) is 23.0 Å². The monoisotopic (exact) mass is 412 g/mol. The minimum Gasteiger partial charge on any atom is -0.493 e. The Bertz CT molecular complexity index is 1060. The molecule has 0 fully saturated rings. The summed E-state index contributed by atoms with van der Waals surface area (Å²) in [6.45, 7) is 0.462. The van der Waals surface area contributed by atoms with Crippen molar-refractivity contribution in [3.05, 3.63) is 69.6 Å². The first-order valence-corrected chi connectivity index (χ1v) is 10.2. The van der Waals surface area contributed by atoms with Crippen molar-refractivity contribution in [2.24, 2.45) is 0 Å². The number of esters is 1. The number of thiazole rings is 2. The Kier molecular flexibility index (Phi) is 5.50. The number of rotatable bonds is 7. The molecular formula is C20H16N2O4S2. The minimum atomic E-state index is -0.441. The molecule has 2 aromatic carbocycles. The number of methoxy groups -OCH3 is 1. The third kappa shape index (κ3) is 4.13. The summed E-state index contributed by atoms with van der Waals surface area (Å²) in [5.41, 5.74) is 3.88. The molecule has 28 heavy (non-hydrogen) atoms. The van der Waals surface area contributed by atoms with E-state index in [0.29, 0.717) is 23.7 Å². The Morgan fingerprint density at radius 1 is 1.11 bits per heavy atom. The smallest absolute Gasteiger partial charge is 0.338 e. The Balaban J connectivity index is 1.41. The molecule has 0 aliphatic heterocycles. The lowest BCUT2D eigenvalue weighted by molar-refractivity contribution is 0.0472. The summed E-state index contributed by atoms with van der Waals surface area (Å²) < 4.78 is 17.5. The van der Waals surface area contributed by atoms with Gasteiger partial charge in [0.15, 0.2) is 11.5 Å². The third-order valence-corrected chi connectivity index (χ3v) is 5.57. The predicted octanol–water partition coefficient (Wildman–Crippen LogP) is 4.70. The van der Waals surface area contributed by atoms with E-state index in [2.05, 4.69) is 9.97 Å². The van der Waals surface area contributed by atoms with E-state index in [1.54, 1.807) is 23.7 Å². The van der Waals surface area contributed by atoms with Crippen LogP contribution in [0.5, 0.6) is 11.5 Å². The lowest BCUT2D eigenvalue weighted by Gasteiger charge is -2.11. The van der Waals surface area contributed by atoms with Crippen molar-refractivity contribution in [1.29, 1.82) is 0 Å². The number of nitrogens with zero attached hydrogens (tertiary/aromatic N) is 2. The summed E-state index contributed by atoms with van der Waals surface area (Å²) in [6, 6.07) is 12.8. The Labute approximate surface area is 169 Å². The number of aromatic nitrogens is 2. The van der Waals surface area contributed by atoms with Crippen molar-refractivity contribution in [2.75, 3.05) is 7.11 Å². The van der Waals surface area contributed by atoms with Gasteiger partial charge in [-0.15, -0.1) is 22.7 Å². The van der Waals surface area contributed by atoms with Gasteiger partial charge in [-0.2, -0.15) is 0 Å². The summed E-state index contributed by atoms with van der Waals surface area (Å²) in [5, 5.41) is 2.67. The molecule has 0 radical (unpaired) electrons. The first kappa shape index (κ1) is 18.4. The molecule has 0 atom stereocenters. The van der Waals surface area contributed by atoms with Gasteiger partial charge in [0.1, 0.15) is 18.2 Å². The van der Waals surface area contributed by atoms with E-state index in [9.17, 15) is 4.79 Å². The Hall–Kier alpha value is -2.97. The molecule has 0 unspecified atom stereocenters. The largest absolute Gasteiger partial charge is 0.493 e. The number of carbonyl (C=O) groups excluding carboxylic acids is 1. The lowest BCUT2D eigenvalue weighted by atomic mass is 10.2. The zero-order valence-electron chi connectivity index (χ0n) is 15.0. The number of para-hydroxylation sites is 1. The molecule has 142 valence electrons. The van der Waals surface area contributed by atoms with Gasteiger partial charge in [-0.25, -0.2) is 14.8 Å². The van der Waals surface area contributed by atoms with Crippen LogP contribution in [0.1, 0.15) is 21.1 Å². The zero-order valence-corrected chi connectivity index (χ0v) is 16.6. The van der Waals surface area contributed by atoms with Crippen LogP contribution in [0.2, 0.25) is 0 Å². The highest BCUT2D eigenvalue weighted by Gasteiger charge is 2.14. The first-order valence-electron chi connectivity index (χ1n) is 8.42. The van der Waals surface area contributed by atoms with E-state index in [4.69, 9.17) is 14.2 Å². The third-order valence-electron chi connectivity index (χ3n) is 3.92. The molecule has 2 heterocycles. The molecular weight excluding hydrogens is 396 g/mol. The van der Waals surface area contributed by atoms with Crippen molar-refractivity contribution < 1.29 is 19.0 Å². The fraction of sp³-hybridized carbons (Fsp3) is 0.150. The van der Waals surface area contributed by atoms with E-state index in [-0.39, 0.29) is 6.61 Å². The lowest BCUT2D eigenvalue weighted by Crippen LogP contribution is -2.06. The average molecular weight is 412 g/mol. The van der Waals surface area contributed by atoms with E-state index in [1.165, 1.54) is 29.8 Å². The summed E-state index contributed by atoms with van der Waals surface area (Å²) in [5.74, 6) is 0.562. The van der Waals surface area contributed by atoms with Gasteiger partial charge in [0.2, 0.25) is 0 Å². The highest BCUT2D eigenvalue weighted by molar-refractivity contribution is 7.18. The first-order chi connectivity index (χ1) is 13.7. The second-order valence-electron chi connectivity index (χ2n) is 5.79. The fourth-order valence-corrected chi connectivity index (χ4v) is 3.99. The van der Waals surface area contributed by atoms with Gasteiger partial charge in [0, 0.05) is 5.38 Å². The maximum absolute atomic E-state index is 12.4. The van der Waals surface area contributed by atoms with Gasteiger partial charge in [0.05, 0.1) is 34.1 Å². The van der Waals surface area contributed by atoms with E-state index in [0.717, 1.165) is 20.9 Å². The van der Waals surface area contributed by atoms with E-state index >= 15 is 0 Å². The second-order valence-corrected chi connectivity index (χ2v) is 7.62. The number of hydrogen-bond donors (Lipinski definition) is 0. The SMILES string of the molecule is COc1cc(C(=O)OCc2nc3ccccc3s2)ccc1OCc1cscn1. The summed E-state index contributed by atoms with van der Waals surface area (Å²) in [6.07, 6.45) is 0. The Morgan fingerprint density at radius 3 is 2.79 bits per heavy atom. The molecule has 0 aliphatic carbocycles. The molecule has 0 amide bonds. The number of fused-ring (bicyclic) bond motifs is 1. The molecule has 4 rings (SSSR count). The topological polar surface area (TPSA) is 70.5 Å². The maximum atomic E-state index is 12.4. The molecule has 0 saturated carbocycles.